The van der Waals surface area contributed by atoms with Crippen LogP contribution in [0.25, 0.3) is 0 Å². The van der Waals surface area contributed by atoms with Gasteiger partial charge in [-0.2, -0.15) is 0 Å². The number of ether oxygens (including phenoxy) is 1. The lowest BCUT2D eigenvalue weighted by molar-refractivity contribution is -0.159. The van der Waals surface area contributed by atoms with Crippen molar-refractivity contribution in [2.24, 2.45) is 0 Å². The van der Waals surface area contributed by atoms with Crippen LogP contribution in [0, 0.1) is 0 Å². The van der Waals surface area contributed by atoms with Crippen LogP contribution in [-0.2, 0) is 9.53 Å². The number of allylic oxidation sites excluding steroid dienone is 1. The van der Waals surface area contributed by atoms with Crippen molar-refractivity contribution in [3.63, 3.8) is 0 Å². The van der Waals surface area contributed by atoms with Crippen LogP contribution in [0.15, 0.2) is 11.6 Å². The first-order valence-electron chi connectivity index (χ1n) is 3.69. The van der Waals surface area contributed by atoms with Gasteiger partial charge < -0.3 is 9.84 Å². The summed E-state index contributed by atoms with van der Waals surface area (Å²) in [4.78, 5) is 11.0. The molecule has 4 heteroatoms. The Balaban J connectivity index is 3.92. The third-order valence-electron chi connectivity index (χ3n) is 1.16. The van der Waals surface area contributed by atoms with Gasteiger partial charge in [0.2, 0.25) is 0 Å². The zero-order valence-corrected chi connectivity index (χ0v) is 7.97. The van der Waals surface area contributed by atoms with E-state index >= 15 is 0 Å². The second-order valence-corrected chi connectivity index (χ2v) is 2.75. The maximum Gasteiger partial charge on any atom is 0.335 e. The van der Waals surface area contributed by atoms with Crippen LogP contribution in [0.4, 0.5) is 0 Å². The van der Waals surface area contributed by atoms with Crippen LogP contribution in [0.2, 0.25) is 0 Å². The maximum atomic E-state index is 11.0. The lowest BCUT2D eigenvalue weighted by Gasteiger charge is -2.06. The zero-order chi connectivity index (χ0) is 9.56. The SMILES string of the molecule is C/C(=C\CCCl)C(=O)OC(C)O. The Morgan fingerprint density at radius 1 is 1.75 bits per heavy atom. The van der Waals surface area contributed by atoms with Crippen molar-refractivity contribution in [1.29, 1.82) is 0 Å². The number of alkyl halides is 1. The van der Waals surface area contributed by atoms with Crippen molar-refractivity contribution < 1.29 is 14.6 Å². The number of rotatable bonds is 4. The lowest BCUT2D eigenvalue weighted by Crippen LogP contribution is -2.14. The van der Waals surface area contributed by atoms with Crippen LogP contribution in [0.1, 0.15) is 20.3 Å². The molecule has 0 aromatic rings. The van der Waals surface area contributed by atoms with Gasteiger partial charge >= 0.3 is 5.97 Å². The van der Waals surface area contributed by atoms with E-state index < -0.39 is 12.3 Å². The number of carbonyl (C=O) groups is 1. The number of halogens is 1. The molecule has 0 radical (unpaired) electrons. The van der Waals surface area contributed by atoms with Crippen molar-refractivity contribution in [3.05, 3.63) is 11.6 Å². The average molecular weight is 193 g/mol. The monoisotopic (exact) mass is 192 g/mol. The summed E-state index contributed by atoms with van der Waals surface area (Å²) in [7, 11) is 0. The van der Waals surface area contributed by atoms with Crippen LogP contribution in [-0.4, -0.2) is 23.2 Å². The number of carbonyl (C=O) groups excluding carboxylic acids is 1. The van der Waals surface area contributed by atoms with Crippen molar-refractivity contribution >= 4 is 17.6 Å². The van der Waals surface area contributed by atoms with Gasteiger partial charge in [0.15, 0.2) is 6.29 Å². The predicted molar refractivity (Wildman–Crippen MR) is 46.9 cm³/mol. The zero-order valence-electron chi connectivity index (χ0n) is 7.21. The van der Waals surface area contributed by atoms with E-state index in [9.17, 15) is 4.79 Å². The Morgan fingerprint density at radius 3 is 2.75 bits per heavy atom. The Labute approximate surface area is 77.0 Å². The molecule has 0 heterocycles. The fraction of sp³-hybridized carbons (Fsp3) is 0.625. The average Bonchev–Trinajstić information content (AvgIpc) is 1.98. The van der Waals surface area contributed by atoms with E-state index in [0.717, 1.165) is 0 Å². The van der Waals surface area contributed by atoms with Crippen LogP contribution < -0.4 is 0 Å². The molecule has 1 unspecified atom stereocenters. The molecular weight excluding hydrogens is 180 g/mol. The molecule has 12 heavy (non-hydrogen) atoms. The second-order valence-electron chi connectivity index (χ2n) is 2.37. The Morgan fingerprint density at radius 2 is 2.33 bits per heavy atom. The van der Waals surface area contributed by atoms with Crippen molar-refractivity contribution in [2.75, 3.05) is 5.88 Å². The van der Waals surface area contributed by atoms with Gasteiger partial charge in [-0.3, -0.25) is 0 Å². The third-order valence-corrected chi connectivity index (χ3v) is 1.38. The van der Waals surface area contributed by atoms with E-state index in [1.165, 1.54) is 6.92 Å². The number of aliphatic hydroxyl groups is 1. The standard InChI is InChI=1S/C8H13ClO3/c1-6(4-3-5-9)8(11)12-7(2)10/h4,7,10H,3,5H2,1-2H3/b6-4+. The topological polar surface area (TPSA) is 46.5 Å². The normalized spacial score (nSPS) is 14.2. The van der Waals surface area contributed by atoms with Gasteiger partial charge in [0.05, 0.1) is 0 Å². The third kappa shape index (κ3) is 5.16. The van der Waals surface area contributed by atoms with Crippen molar-refractivity contribution in [3.8, 4) is 0 Å². The minimum absolute atomic E-state index is 0.469. The van der Waals surface area contributed by atoms with E-state index in [2.05, 4.69) is 4.74 Å². The van der Waals surface area contributed by atoms with Crippen LogP contribution in [0.3, 0.4) is 0 Å². The molecule has 1 atom stereocenters. The molecule has 0 saturated heterocycles. The first-order chi connectivity index (χ1) is 5.57. The first-order valence-corrected chi connectivity index (χ1v) is 4.23. The highest BCUT2D eigenvalue weighted by Gasteiger charge is 2.07. The fourth-order valence-corrected chi connectivity index (χ4v) is 0.711. The number of esters is 1. The summed E-state index contributed by atoms with van der Waals surface area (Å²) in [6.07, 6.45) is 1.25. The highest BCUT2D eigenvalue weighted by Crippen LogP contribution is 2.01. The van der Waals surface area contributed by atoms with E-state index in [1.54, 1.807) is 13.0 Å². The molecule has 0 aliphatic carbocycles. The van der Waals surface area contributed by atoms with Gasteiger partial charge in [-0.05, 0) is 20.3 Å². The van der Waals surface area contributed by atoms with Gasteiger partial charge in [-0.1, -0.05) is 6.08 Å². The molecule has 0 aliphatic rings. The molecule has 70 valence electrons. The van der Waals surface area contributed by atoms with Crippen LogP contribution >= 0.6 is 11.6 Å². The summed E-state index contributed by atoms with van der Waals surface area (Å²) in [5, 5.41) is 8.70. The fourth-order valence-electron chi connectivity index (χ4n) is 0.602. The minimum Gasteiger partial charge on any atom is -0.433 e. The second kappa shape index (κ2) is 6.03. The van der Waals surface area contributed by atoms with Crippen LogP contribution in [0.5, 0.6) is 0 Å². The Kier molecular flexibility index (Phi) is 5.76. The van der Waals surface area contributed by atoms with Crippen molar-refractivity contribution in [1.82, 2.24) is 0 Å². The van der Waals surface area contributed by atoms with E-state index in [1.807, 2.05) is 0 Å². The number of aliphatic hydroxyl groups excluding tert-OH is 1. The summed E-state index contributed by atoms with van der Waals surface area (Å²) in [6, 6.07) is 0. The summed E-state index contributed by atoms with van der Waals surface area (Å²) in [6.45, 7) is 3.00. The molecule has 1 N–H and O–H groups in total. The lowest BCUT2D eigenvalue weighted by atomic mass is 10.2. The summed E-state index contributed by atoms with van der Waals surface area (Å²) < 4.78 is 4.51. The molecular formula is C8H13ClO3. The van der Waals surface area contributed by atoms with E-state index in [4.69, 9.17) is 16.7 Å². The van der Waals surface area contributed by atoms with Gasteiger partial charge in [-0.15, -0.1) is 11.6 Å². The van der Waals surface area contributed by atoms with E-state index in [-0.39, 0.29) is 0 Å². The molecule has 0 saturated carbocycles. The molecule has 3 nitrogen and oxygen atoms in total. The molecule has 0 aromatic carbocycles. The number of hydrogen-bond donors (Lipinski definition) is 1. The van der Waals surface area contributed by atoms with Gasteiger partial charge in [-0.25, -0.2) is 4.79 Å². The largest absolute Gasteiger partial charge is 0.433 e. The predicted octanol–water partition coefficient (Wildman–Crippen LogP) is 1.44. The highest BCUT2D eigenvalue weighted by molar-refractivity contribution is 6.17. The van der Waals surface area contributed by atoms with Gasteiger partial charge in [0, 0.05) is 11.5 Å². The first kappa shape index (κ1) is 11.5. The summed E-state index contributed by atoms with van der Waals surface area (Å²) in [5.74, 6) is -0.0330. The molecule has 0 spiro atoms. The molecule has 0 bridgehead atoms. The van der Waals surface area contributed by atoms with Gasteiger partial charge in [0.1, 0.15) is 0 Å². The quantitative estimate of drug-likeness (QED) is 0.317. The Bertz CT molecular complexity index is 175. The molecule has 0 fully saturated rings. The summed E-state index contributed by atoms with van der Waals surface area (Å²) >= 11 is 5.41. The van der Waals surface area contributed by atoms with Crippen molar-refractivity contribution in [2.45, 2.75) is 26.6 Å². The van der Waals surface area contributed by atoms with E-state index in [0.29, 0.717) is 17.9 Å². The smallest absolute Gasteiger partial charge is 0.335 e. The molecule has 0 aromatic heterocycles. The highest BCUT2D eigenvalue weighted by atomic mass is 35.5. The minimum atomic E-state index is -1.06. The number of hydrogen-bond acceptors (Lipinski definition) is 3. The molecule has 0 rings (SSSR count). The maximum absolute atomic E-state index is 11.0. The summed E-state index contributed by atoms with van der Waals surface area (Å²) in [5.41, 5.74) is 0.469. The molecule has 0 aliphatic heterocycles. The molecule has 0 amide bonds. The Hall–Kier alpha value is -0.540. The van der Waals surface area contributed by atoms with Gasteiger partial charge in [0.25, 0.3) is 0 Å².